The topological polar surface area (TPSA) is 64.9 Å². The number of carbonyl (C=O) groups excluding carboxylic acids is 1. The van der Waals surface area contributed by atoms with Crippen LogP contribution in [0.4, 0.5) is 5.69 Å². The monoisotopic (exact) mass is 343 g/mol. The van der Waals surface area contributed by atoms with Gasteiger partial charge in [-0.15, -0.1) is 0 Å². The molecule has 1 atom stereocenters. The van der Waals surface area contributed by atoms with Crippen LogP contribution in [0.25, 0.3) is 0 Å². The predicted octanol–water partition coefficient (Wildman–Crippen LogP) is 2.97. The van der Waals surface area contributed by atoms with Crippen LogP contribution in [-0.2, 0) is 5.60 Å². The molecule has 1 unspecified atom stereocenters. The van der Waals surface area contributed by atoms with Gasteiger partial charge in [-0.05, 0) is 60.5 Å². The average molecular weight is 343 g/mol. The van der Waals surface area contributed by atoms with Crippen molar-refractivity contribution in [1.82, 2.24) is 5.32 Å². The Kier molecular flexibility index (Phi) is 4.69. The lowest BCUT2D eigenvalue weighted by molar-refractivity contribution is 0.0530. The summed E-state index contributed by atoms with van der Waals surface area (Å²) >= 11 is 1.52. The van der Waals surface area contributed by atoms with Gasteiger partial charge < -0.3 is 10.4 Å². The zero-order valence-electron chi connectivity index (χ0n) is 13.8. The highest BCUT2D eigenvalue weighted by Crippen LogP contribution is 2.23. The first kappa shape index (κ1) is 16.7. The van der Waals surface area contributed by atoms with E-state index in [9.17, 15) is 9.90 Å². The van der Waals surface area contributed by atoms with Gasteiger partial charge in [0.15, 0.2) is 0 Å². The summed E-state index contributed by atoms with van der Waals surface area (Å²) in [7, 11) is 0. The first-order chi connectivity index (χ1) is 11.5. The number of hydrazone groups is 1. The number of aliphatic hydroxyl groups is 1. The minimum Gasteiger partial charge on any atom is -0.384 e. The maximum absolute atomic E-state index is 12.3. The molecule has 2 aromatic rings. The van der Waals surface area contributed by atoms with E-state index in [1.54, 1.807) is 19.1 Å². The van der Waals surface area contributed by atoms with Crippen LogP contribution in [0.15, 0.2) is 46.2 Å². The Bertz CT molecular complexity index is 736. The lowest BCUT2D eigenvalue weighted by Crippen LogP contribution is -2.38. The molecule has 1 amide bonds. The van der Waals surface area contributed by atoms with Crippen LogP contribution in [0, 0.1) is 0 Å². The molecular formula is C18H21N3O2S. The Hall–Kier alpha value is -2.18. The molecule has 0 spiro atoms. The number of amides is 1. The van der Waals surface area contributed by atoms with Crippen molar-refractivity contribution in [2.24, 2.45) is 5.10 Å². The smallest absolute Gasteiger partial charge is 0.251 e. The number of nitrogens with zero attached hydrogens (tertiary/aromatic N) is 2. The number of benzene rings is 1. The first-order valence-electron chi connectivity index (χ1n) is 7.91. The number of nitrogens with one attached hydrogen (secondary N) is 1. The van der Waals surface area contributed by atoms with Crippen LogP contribution < -0.4 is 10.3 Å². The van der Waals surface area contributed by atoms with E-state index in [0.717, 1.165) is 29.9 Å². The van der Waals surface area contributed by atoms with Gasteiger partial charge in [0, 0.05) is 24.2 Å². The van der Waals surface area contributed by atoms with Crippen molar-refractivity contribution in [3.05, 3.63) is 52.2 Å². The standard InChI is InChI=1S/C18H21N3O2S/c1-13-7-9-21(20-13)16-5-3-14(4-6-16)17(22)19-12-18(2,23)15-8-10-24-11-15/h3-6,8,10-11,23H,7,9,12H2,1-2H3,(H,19,22). The normalized spacial score (nSPS) is 16.6. The summed E-state index contributed by atoms with van der Waals surface area (Å²) in [6.07, 6.45) is 0.972. The van der Waals surface area contributed by atoms with Crippen molar-refractivity contribution in [3.63, 3.8) is 0 Å². The van der Waals surface area contributed by atoms with Gasteiger partial charge in [0.2, 0.25) is 0 Å². The second-order valence-corrected chi connectivity index (χ2v) is 7.00. The molecule has 1 aliphatic rings. The van der Waals surface area contributed by atoms with Crippen molar-refractivity contribution < 1.29 is 9.90 Å². The molecule has 0 saturated carbocycles. The van der Waals surface area contributed by atoms with E-state index in [1.807, 2.05) is 40.9 Å². The highest BCUT2D eigenvalue weighted by molar-refractivity contribution is 7.08. The lowest BCUT2D eigenvalue weighted by atomic mass is 9.99. The molecule has 0 fully saturated rings. The van der Waals surface area contributed by atoms with Crippen LogP contribution in [0.1, 0.15) is 36.2 Å². The van der Waals surface area contributed by atoms with Gasteiger partial charge in [0.25, 0.3) is 5.91 Å². The molecule has 3 rings (SSSR count). The summed E-state index contributed by atoms with van der Waals surface area (Å²) in [5.41, 5.74) is 2.41. The van der Waals surface area contributed by atoms with E-state index in [-0.39, 0.29) is 12.5 Å². The summed E-state index contributed by atoms with van der Waals surface area (Å²) in [6, 6.07) is 9.23. The van der Waals surface area contributed by atoms with E-state index >= 15 is 0 Å². The number of hydrogen-bond donors (Lipinski definition) is 2. The van der Waals surface area contributed by atoms with Crippen molar-refractivity contribution in [1.29, 1.82) is 0 Å². The molecule has 24 heavy (non-hydrogen) atoms. The predicted molar refractivity (Wildman–Crippen MR) is 97.7 cm³/mol. The molecule has 5 nitrogen and oxygen atoms in total. The zero-order chi connectivity index (χ0) is 17.2. The van der Waals surface area contributed by atoms with Gasteiger partial charge in [0.1, 0.15) is 5.60 Å². The molecule has 2 N–H and O–H groups in total. The molecule has 0 saturated heterocycles. The molecule has 6 heteroatoms. The third-order valence-corrected chi connectivity index (χ3v) is 4.82. The second-order valence-electron chi connectivity index (χ2n) is 6.22. The molecule has 0 bridgehead atoms. The van der Waals surface area contributed by atoms with Gasteiger partial charge in [-0.2, -0.15) is 16.4 Å². The quantitative estimate of drug-likeness (QED) is 0.877. The van der Waals surface area contributed by atoms with Crippen LogP contribution in [0.5, 0.6) is 0 Å². The zero-order valence-corrected chi connectivity index (χ0v) is 14.6. The maximum atomic E-state index is 12.3. The number of rotatable bonds is 5. The minimum absolute atomic E-state index is 0.167. The molecule has 1 aromatic heterocycles. The van der Waals surface area contributed by atoms with E-state index in [4.69, 9.17) is 0 Å². The highest BCUT2D eigenvalue weighted by atomic mass is 32.1. The van der Waals surface area contributed by atoms with Crippen molar-refractivity contribution in [3.8, 4) is 0 Å². The van der Waals surface area contributed by atoms with Crippen LogP contribution >= 0.6 is 11.3 Å². The van der Waals surface area contributed by atoms with Crippen LogP contribution in [0.3, 0.4) is 0 Å². The van der Waals surface area contributed by atoms with Gasteiger partial charge >= 0.3 is 0 Å². The Labute approximate surface area is 145 Å². The Morgan fingerprint density at radius 1 is 1.38 bits per heavy atom. The molecule has 0 aliphatic carbocycles. The van der Waals surface area contributed by atoms with Crippen LogP contribution in [-0.4, -0.2) is 29.8 Å². The summed E-state index contributed by atoms with van der Waals surface area (Å²) in [5.74, 6) is -0.196. The average Bonchev–Trinajstić information content (AvgIpc) is 3.25. The molecule has 1 aliphatic heterocycles. The molecule has 2 heterocycles. The molecule has 126 valence electrons. The third kappa shape index (κ3) is 3.66. The van der Waals surface area contributed by atoms with Gasteiger partial charge in [-0.3, -0.25) is 9.80 Å². The third-order valence-electron chi connectivity index (χ3n) is 4.14. The highest BCUT2D eigenvalue weighted by Gasteiger charge is 2.24. The van der Waals surface area contributed by atoms with E-state index in [1.165, 1.54) is 11.3 Å². The summed E-state index contributed by atoms with van der Waals surface area (Å²) in [5, 5.41) is 23.4. The number of hydrogen-bond acceptors (Lipinski definition) is 5. The van der Waals surface area contributed by atoms with Gasteiger partial charge in [-0.1, -0.05) is 0 Å². The van der Waals surface area contributed by atoms with E-state index in [0.29, 0.717) is 5.56 Å². The summed E-state index contributed by atoms with van der Waals surface area (Å²) in [4.78, 5) is 12.3. The van der Waals surface area contributed by atoms with Gasteiger partial charge in [-0.25, -0.2) is 0 Å². The number of anilines is 1. The van der Waals surface area contributed by atoms with Crippen molar-refractivity contribution in [2.45, 2.75) is 25.9 Å². The largest absolute Gasteiger partial charge is 0.384 e. The SMILES string of the molecule is CC1=NN(c2ccc(C(=O)NCC(C)(O)c3ccsc3)cc2)CC1. The fourth-order valence-electron chi connectivity index (χ4n) is 2.57. The Morgan fingerprint density at radius 2 is 2.12 bits per heavy atom. The van der Waals surface area contributed by atoms with Gasteiger partial charge in [0.05, 0.1) is 12.2 Å². The maximum Gasteiger partial charge on any atom is 0.251 e. The number of thiophene rings is 1. The second kappa shape index (κ2) is 6.75. The Balaban J connectivity index is 1.61. The Morgan fingerprint density at radius 3 is 2.71 bits per heavy atom. The lowest BCUT2D eigenvalue weighted by Gasteiger charge is -2.23. The van der Waals surface area contributed by atoms with Crippen molar-refractivity contribution >= 4 is 28.6 Å². The molecular weight excluding hydrogens is 322 g/mol. The summed E-state index contributed by atoms with van der Waals surface area (Å²) in [6.45, 7) is 4.76. The summed E-state index contributed by atoms with van der Waals surface area (Å²) < 4.78 is 0. The molecule has 1 aromatic carbocycles. The van der Waals surface area contributed by atoms with Crippen molar-refractivity contribution in [2.75, 3.05) is 18.1 Å². The first-order valence-corrected chi connectivity index (χ1v) is 8.85. The fraction of sp³-hybridized carbons (Fsp3) is 0.333. The fourth-order valence-corrected chi connectivity index (χ4v) is 3.36. The minimum atomic E-state index is -1.07. The van der Waals surface area contributed by atoms with E-state index < -0.39 is 5.60 Å². The van der Waals surface area contributed by atoms with Crippen LogP contribution in [0.2, 0.25) is 0 Å². The molecule has 0 radical (unpaired) electrons. The number of carbonyl (C=O) groups is 1. The van der Waals surface area contributed by atoms with E-state index in [2.05, 4.69) is 10.4 Å².